The van der Waals surface area contributed by atoms with Crippen molar-refractivity contribution < 1.29 is 18.3 Å². The quantitative estimate of drug-likeness (QED) is 0.912. The Balaban J connectivity index is 1.75. The molecule has 0 radical (unpaired) electrons. The number of nitrogens with one attached hydrogen (secondary N) is 1. The van der Waals surface area contributed by atoms with E-state index in [0.29, 0.717) is 12.8 Å². The molecule has 3 nitrogen and oxygen atoms in total. The lowest BCUT2D eigenvalue weighted by atomic mass is 9.92. The molecular weight excluding hydrogens is 252 g/mol. The minimum atomic E-state index is -2.67. The Morgan fingerprint density at radius 1 is 1.37 bits per heavy atom. The summed E-state index contributed by atoms with van der Waals surface area (Å²) in [5.74, 6) is -2.67. The fourth-order valence-corrected chi connectivity index (χ4v) is 2.23. The van der Waals surface area contributed by atoms with Crippen molar-refractivity contribution in [3.05, 3.63) is 35.9 Å². The van der Waals surface area contributed by atoms with Crippen LogP contribution in [-0.4, -0.2) is 18.1 Å². The maximum absolute atomic E-state index is 13.2. The second kappa shape index (κ2) is 5.99. The third-order valence-electron chi connectivity index (χ3n) is 3.17. The average molecular weight is 269 g/mol. The number of alkyl carbamates (subject to hydrolysis) is 1. The number of amides is 1. The summed E-state index contributed by atoms with van der Waals surface area (Å²) in [5.41, 5.74) is 0.867. The van der Waals surface area contributed by atoms with E-state index in [2.05, 4.69) is 5.32 Å². The molecule has 1 fully saturated rings. The van der Waals surface area contributed by atoms with Gasteiger partial charge in [-0.2, -0.15) is 0 Å². The summed E-state index contributed by atoms with van der Waals surface area (Å²) in [6.45, 7) is 0.149. The molecule has 1 unspecified atom stereocenters. The summed E-state index contributed by atoms with van der Waals surface area (Å²) in [6, 6.07) is 8.74. The molecule has 0 saturated heterocycles. The van der Waals surface area contributed by atoms with E-state index in [1.807, 2.05) is 30.3 Å². The second-order valence-electron chi connectivity index (χ2n) is 4.86. The Labute approximate surface area is 111 Å². The van der Waals surface area contributed by atoms with E-state index in [1.165, 1.54) is 0 Å². The van der Waals surface area contributed by atoms with Crippen LogP contribution in [0.15, 0.2) is 30.3 Å². The molecule has 2 rings (SSSR count). The molecule has 1 atom stereocenters. The smallest absolute Gasteiger partial charge is 0.407 e. The monoisotopic (exact) mass is 269 g/mol. The first-order valence-electron chi connectivity index (χ1n) is 6.40. The lowest BCUT2D eigenvalue weighted by Gasteiger charge is -2.29. The third kappa shape index (κ3) is 4.50. The van der Waals surface area contributed by atoms with Crippen LogP contribution in [0.5, 0.6) is 0 Å². The largest absolute Gasteiger partial charge is 0.445 e. The molecule has 0 heterocycles. The van der Waals surface area contributed by atoms with Crippen molar-refractivity contribution in [2.24, 2.45) is 0 Å². The minimum Gasteiger partial charge on any atom is -0.445 e. The van der Waals surface area contributed by atoms with Crippen LogP contribution in [0.4, 0.5) is 13.6 Å². The summed E-state index contributed by atoms with van der Waals surface area (Å²) in [7, 11) is 0. The number of halogens is 2. The van der Waals surface area contributed by atoms with Crippen LogP contribution in [0.25, 0.3) is 0 Å². The topological polar surface area (TPSA) is 38.3 Å². The summed E-state index contributed by atoms with van der Waals surface area (Å²) in [5, 5.41) is 2.50. The SMILES string of the molecule is O=C(NC1CCCC(F)(F)C1)OCc1ccccc1. The molecular formula is C14H17F2NO2. The van der Waals surface area contributed by atoms with Gasteiger partial charge in [0.2, 0.25) is 5.92 Å². The van der Waals surface area contributed by atoms with Crippen molar-refractivity contribution in [3.8, 4) is 0 Å². The Hall–Kier alpha value is -1.65. The molecule has 1 aromatic rings. The van der Waals surface area contributed by atoms with E-state index in [-0.39, 0.29) is 19.4 Å². The minimum absolute atomic E-state index is 0.0930. The third-order valence-corrected chi connectivity index (χ3v) is 3.17. The molecule has 0 aliphatic heterocycles. The zero-order valence-electron chi connectivity index (χ0n) is 10.6. The van der Waals surface area contributed by atoms with Crippen LogP contribution >= 0.6 is 0 Å². The zero-order valence-corrected chi connectivity index (χ0v) is 10.6. The van der Waals surface area contributed by atoms with E-state index in [4.69, 9.17) is 4.74 Å². The van der Waals surface area contributed by atoms with Crippen LogP contribution in [0.2, 0.25) is 0 Å². The molecule has 1 aliphatic carbocycles. The number of carbonyl (C=O) groups excluding carboxylic acids is 1. The zero-order chi connectivity index (χ0) is 13.7. The van der Waals surface area contributed by atoms with Crippen molar-refractivity contribution >= 4 is 6.09 Å². The van der Waals surface area contributed by atoms with Gasteiger partial charge in [-0.1, -0.05) is 30.3 Å². The van der Waals surface area contributed by atoms with Gasteiger partial charge in [-0.3, -0.25) is 0 Å². The number of benzene rings is 1. The summed E-state index contributed by atoms with van der Waals surface area (Å²) < 4.78 is 31.3. The van der Waals surface area contributed by atoms with Gasteiger partial charge in [-0.05, 0) is 18.4 Å². The predicted octanol–water partition coefficient (Wildman–Crippen LogP) is 3.49. The molecule has 1 aromatic carbocycles. The first-order chi connectivity index (χ1) is 9.05. The summed E-state index contributed by atoms with van der Waals surface area (Å²) in [4.78, 5) is 11.5. The molecule has 19 heavy (non-hydrogen) atoms. The number of hydrogen-bond donors (Lipinski definition) is 1. The molecule has 104 valence electrons. The standard InChI is InChI=1S/C14H17F2NO2/c15-14(16)8-4-7-12(9-14)17-13(18)19-10-11-5-2-1-3-6-11/h1-3,5-6,12H,4,7-10H2,(H,17,18). The highest BCUT2D eigenvalue weighted by atomic mass is 19.3. The maximum Gasteiger partial charge on any atom is 0.407 e. The van der Waals surface area contributed by atoms with E-state index in [0.717, 1.165) is 5.56 Å². The Bertz CT molecular complexity index is 423. The van der Waals surface area contributed by atoms with Gasteiger partial charge in [0.15, 0.2) is 0 Å². The average Bonchev–Trinajstić information content (AvgIpc) is 2.36. The highest BCUT2D eigenvalue weighted by Crippen LogP contribution is 2.33. The Morgan fingerprint density at radius 2 is 2.11 bits per heavy atom. The van der Waals surface area contributed by atoms with Gasteiger partial charge >= 0.3 is 6.09 Å². The van der Waals surface area contributed by atoms with E-state index in [9.17, 15) is 13.6 Å². The van der Waals surface area contributed by atoms with Gasteiger partial charge in [-0.15, -0.1) is 0 Å². The van der Waals surface area contributed by atoms with Crippen LogP contribution < -0.4 is 5.32 Å². The number of ether oxygens (including phenoxy) is 1. The van der Waals surface area contributed by atoms with E-state index < -0.39 is 18.1 Å². The molecule has 1 amide bonds. The Kier molecular flexibility index (Phi) is 4.35. The van der Waals surface area contributed by atoms with E-state index >= 15 is 0 Å². The van der Waals surface area contributed by atoms with Gasteiger partial charge in [0.1, 0.15) is 6.61 Å². The first-order valence-corrected chi connectivity index (χ1v) is 6.40. The lowest BCUT2D eigenvalue weighted by molar-refractivity contribution is -0.0436. The van der Waals surface area contributed by atoms with Gasteiger partial charge in [0.25, 0.3) is 0 Å². The fourth-order valence-electron chi connectivity index (χ4n) is 2.23. The number of hydrogen-bond acceptors (Lipinski definition) is 2. The Morgan fingerprint density at radius 3 is 2.79 bits per heavy atom. The predicted molar refractivity (Wildman–Crippen MR) is 67.0 cm³/mol. The van der Waals surface area contributed by atoms with E-state index in [1.54, 1.807) is 0 Å². The van der Waals surface area contributed by atoms with Crippen LogP contribution in [0, 0.1) is 0 Å². The maximum atomic E-state index is 13.2. The van der Waals surface area contributed by atoms with Crippen molar-refractivity contribution in [3.63, 3.8) is 0 Å². The molecule has 0 bridgehead atoms. The first kappa shape index (κ1) is 13.8. The fraction of sp³-hybridized carbons (Fsp3) is 0.500. The number of alkyl halides is 2. The molecule has 0 spiro atoms. The summed E-state index contributed by atoms with van der Waals surface area (Å²) >= 11 is 0. The number of carbonyl (C=O) groups is 1. The van der Waals surface area contributed by atoms with Gasteiger partial charge in [0, 0.05) is 18.9 Å². The van der Waals surface area contributed by atoms with Crippen molar-refractivity contribution in [2.45, 2.75) is 44.3 Å². The van der Waals surface area contributed by atoms with Crippen LogP contribution in [0.1, 0.15) is 31.2 Å². The van der Waals surface area contributed by atoms with Crippen LogP contribution in [0.3, 0.4) is 0 Å². The number of rotatable bonds is 3. The van der Waals surface area contributed by atoms with Crippen LogP contribution in [-0.2, 0) is 11.3 Å². The molecule has 1 N–H and O–H groups in total. The molecule has 1 saturated carbocycles. The highest BCUT2D eigenvalue weighted by molar-refractivity contribution is 5.67. The summed E-state index contributed by atoms with van der Waals surface area (Å²) in [6.07, 6.45) is -0.0174. The highest BCUT2D eigenvalue weighted by Gasteiger charge is 2.36. The normalized spacial score (nSPS) is 21.7. The lowest BCUT2D eigenvalue weighted by Crippen LogP contribution is -2.42. The van der Waals surface area contributed by atoms with Crippen molar-refractivity contribution in [1.82, 2.24) is 5.32 Å². The molecule has 5 heteroatoms. The van der Waals surface area contributed by atoms with Gasteiger partial charge in [0.05, 0.1) is 0 Å². The van der Waals surface area contributed by atoms with Crippen molar-refractivity contribution in [2.75, 3.05) is 0 Å². The van der Waals surface area contributed by atoms with Gasteiger partial charge < -0.3 is 10.1 Å². The van der Waals surface area contributed by atoms with Crippen molar-refractivity contribution in [1.29, 1.82) is 0 Å². The second-order valence-corrected chi connectivity index (χ2v) is 4.86. The van der Waals surface area contributed by atoms with Gasteiger partial charge in [-0.25, -0.2) is 13.6 Å². The molecule has 1 aliphatic rings. The molecule has 0 aromatic heterocycles.